The number of rotatable bonds is 6. The maximum Gasteiger partial charge on any atom is 0.295 e. The highest BCUT2D eigenvalue weighted by Crippen LogP contribution is 2.23. The number of anilines is 1. The Kier molecular flexibility index (Phi) is 5.52. The van der Waals surface area contributed by atoms with E-state index in [1.165, 1.54) is 12.1 Å². The van der Waals surface area contributed by atoms with E-state index in [4.69, 9.17) is 4.74 Å². The molecule has 6 nitrogen and oxygen atoms in total. The molecular weight excluding hydrogens is 383 g/mol. The smallest absolute Gasteiger partial charge is 0.295 e. The fourth-order valence-corrected chi connectivity index (χ4v) is 2.93. The van der Waals surface area contributed by atoms with Crippen LogP contribution in [0, 0.1) is 5.82 Å². The minimum absolute atomic E-state index is 0.00654. The Morgan fingerprint density at radius 3 is 2.37 bits per heavy atom. The molecular formula is C23H19FN4O2. The molecule has 150 valence electrons. The van der Waals surface area contributed by atoms with Crippen molar-refractivity contribution >= 4 is 11.6 Å². The summed E-state index contributed by atoms with van der Waals surface area (Å²) in [6.45, 7) is 2.48. The minimum Gasteiger partial charge on any atom is -0.494 e. The third-order valence-electron chi connectivity index (χ3n) is 4.34. The van der Waals surface area contributed by atoms with Crippen molar-refractivity contribution < 1.29 is 13.9 Å². The largest absolute Gasteiger partial charge is 0.494 e. The standard InChI is InChI=1S/C23H19FN4O2/c1-2-30-20-14-12-19(13-15-20)28-22(16-8-10-17(24)11-9-16)26-21(27-28)23(29)25-18-6-4-3-5-7-18/h3-15H,2H2,1H3,(H,25,29). The van der Waals surface area contributed by atoms with Gasteiger partial charge in [0.2, 0.25) is 5.82 Å². The molecule has 0 bridgehead atoms. The van der Waals surface area contributed by atoms with E-state index < -0.39 is 5.91 Å². The molecule has 4 rings (SSSR count). The third kappa shape index (κ3) is 4.20. The molecule has 0 aliphatic rings. The van der Waals surface area contributed by atoms with E-state index in [9.17, 15) is 9.18 Å². The average Bonchev–Trinajstić information content (AvgIpc) is 3.21. The van der Waals surface area contributed by atoms with Gasteiger partial charge in [0.15, 0.2) is 5.82 Å². The molecule has 0 aliphatic heterocycles. The zero-order valence-corrected chi connectivity index (χ0v) is 16.2. The molecule has 0 aliphatic carbocycles. The Bertz CT molecular complexity index is 1140. The van der Waals surface area contributed by atoms with Crippen LogP contribution < -0.4 is 10.1 Å². The van der Waals surface area contributed by atoms with Gasteiger partial charge in [-0.1, -0.05) is 18.2 Å². The highest BCUT2D eigenvalue weighted by atomic mass is 19.1. The summed E-state index contributed by atoms with van der Waals surface area (Å²) in [5.74, 6) is 0.373. The Morgan fingerprint density at radius 1 is 1.00 bits per heavy atom. The quantitative estimate of drug-likeness (QED) is 0.506. The lowest BCUT2D eigenvalue weighted by atomic mass is 10.2. The molecule has 0 unspecified atom stereocenters. The van der Waals surface area contributed by atoms with Crippen molar-refractivity contribution in [2.24, 2.45) is 0 Å². The number of nitrogens with zero attached hydrogens (tertiary/aromatic N) is 3. The van der Waals surface area contributed by atoms with Crippen molar-refractivity contribution in [1.29, 1.82) is 0 Å². The van der Waals surface area contributed by atoms with E-state index in [2.05, 4.69) is 15.4 Å². The number of hydrogen-bond donors (Lipinski definition) is 1. The predicted molar refractivity (Wildman–Crippen MR) is 112 cm³/mol. The Hall–Kier alpha value is -4.00. The van der Waals surface area contributed by atoms with E-state index in [1.54, 1.807) is 28.9 Å². The normalized spacial score (nSPS) is 10.6. The van der Waals surface area contributed by atoms with Gasteiger partial charge in [0.05, 0.1) is 12.3 Å². The van der Waals surface area contributed by atoms with E-state index >= 15 is 0 Å². The molecule has 7 heteroatoms. The molecule has 4 aromatic rings. The van der Waals surface area contributed by atoms with Gasteiger partial charge in [-0.2, -0.15) is 0 Å². The van der Waals surface area contributed by atoms with Crippen molar-refractivity contribution in [3.63, 3.8) is 0 Å². The number of carbonyl (C=O) groups excluding carboxylic acids is 1. The van der Waals surface area contributed by atoms with Crippen LogP contribution in [0.3, 0.4) is 0 Å². The van der Waals surface area contributed by atoms with Crippen LogP contribution in [-0.2, 0) is 0 Å². The van der Waals surface area contributed by atoms with Gasteiger partial charge in [0, 0.05) is 11.3 Å². The zero-order chi connectivity index (χ0) is 20.9. The van der Waals surface area contributed by atoms with Crippen LogP contribution in [0.15, 0.2) is 78.9 Å². The van der Waals surface area contributed by atoms with Crippen LogP contribution in [-0.4, -0.2) is 27.3 Å². The fraction of sp³-hybridized carbons (Fsp3) is 0.0870. The molecule has 3 aromatic carbocycles. The first-order valence-electron chi connectivity index (χ1n) is 9.46. The monoisotopic (exact) mass is 402 g/mol. The number of benzene rings is 3. The van der Waals surface area contributed by atoms with Crippen molar-refractivity contribution in [1.82, 2.24) is 14.8 Å². The first-order valence-corrected chi connectivity index (χ1v) is 9.46. The summed E-state index contributed by atoms with van der Waals surface area (Å²) in [6, 6.07) is 22.2. The summed E-state index contributed by atoms with van der Waals surface area (Å²) >= 11 is 0. The second kappa shape index (κ2) is 8.57. The maximum absolute atomic E-state index is 13.4. The number of carbonyl (C=O) groups is 1. The topological polar surface area (TPSA) is 69.0 Å². The van der Waals surface area contributed by atoms with E-state index in [1.807, 2.05) is 49.4 Å². The summed E-state index contributed by atoms with van der Waals surface area (Å²) in [5.41, 5.74) is 1.98. The molecule has 0 fully saturated rings. The molecule has 1 aromatic heterocycles. The summed E-state index contributed by atoms with van der Waals surface area (Å²) in [6.07, 6.45) is 0. The molecule has 0 saturated heterocycles. The highest BCUT2D eigenvalue weighted by molar-refractivity contribution is 6.01. The molecule has 1 heterocycles. The van der Waals surface area contributed by atoms with E-state index in [-0.39, 0.29) is 11.6 Å². The second-order valence-electron chi connectivity index (χ2n) is 6.42. The van der Waals surface area contributed by atoms with Gasteiger partial charge in [-0.05, 0) is 67.6 Å². The summed E-state index contributed by atoms with van der Waals surface area (Å²) in [7, 11) is 0. The van der Waals surface area contributed by atoms with Crippen LogP contribution in [0.5, 0.6) is 5.75 Å². The summed E-state index contributed by atoms with van der Waals surface area (Å²) < 4.78 is 20.4. The lowest BCUT2D eigenvalue weighted by molar-refractivity contribution is 0.101. The van der Waals surface area contributed by atoms with Crippen LogP contribution in [0.2, 0.25) is 0 Å². The van der Waals surface area contributed by atoms with E-state index in [0.717, 1.165) is 5.75 Å². The van der Waals surface area contributed by atoms with Gasteiger partial charge < -0.3 is 10.1 Å². The Labute approximate surface area is 173 Å². The van der Waals surface area contributed by atoms with Crippen molar-refractivity contribution in [2.75, 3.05) is 11.9 Å². The Balaban J connectivity index is 1.73. The van der Waals surface area contributed by atoms with Gasteiger partial charge >= 0.3 is 0 Å². The third-order valence-corrected chi connectivity index (χ3v) is 4.34. The molecule has 1 N–H and O–H groups in total. The second-order valence-corrected chi connectivity index (χ2v) is 6.42. The lowest BCUT2D eigenvalue weighted by Crippen LogP contribution is -2.14. The van der Waals surface area contributed by atoms with Crippen LogP contribution in [0.25, 0.3) is 17.1 Å². The van der Waals surface area contributed by atoms with Crippen molar-refractivity contribution in [3.05, 3.63) is 90.5 Å². The zero-order valence-electron chi connectivity index (χ0n) is 16.2. The minimum atomic E-state index is -0.436. The molecule has 0 spiro atoms. The van der Waals surface area contributed by atoms with Crippen LogP contribution >= 0.6 is 0 Å². The molecule has 1 amide bonds. The first-order chi connectivity index (χ1) is 14.6. The highest BCUT2D eigenvalue weighted by Gasteiger charge is 2.19. The van der Waals surface area contributed by atoms with E-state index in [0.29, 0.717) is 29.4 Å². The van der Waals surface area contributed by atoms with Crippen molar-refractivity contribution in [3.8, 4) is 22.8 Å². The number of halogens is 1. The molecule has 0 radical (unpaired) electrons. The number of nitrogens with one attached hydrogen (secondary N) is 1. The number of para-hydroxylation sites is 1. The maximum atomic E-state index is 13.4. The SMILES string of the molecule is CCOc1ccc(-n2nc(C(=O)Nc3ccccc3)nc2-c2ccc(F)cc2)cc1. The molecule has 30 heavy (non-hydrogen) atoms. The van der Waals surface area contributed by atoms with Crippen LogP contribution in [0.4, 0.5) is 10.1 Å². The summed E-state index contributed by atoms with van der Waals surface area (Å²) in [4.78, 5) is 17.1. The first kappa shape index (κ1) is 19.3. The average molecular weight is 402 g/mol. The number of aromatic nitrogens is 3. The number of ether oxygens (including phenoxy) is 1. The summed E-state index contributed by atoms with van der Waals surface area (Å²) in [5, 5.41) is 7.19. The van der Waals surface area contributed by atoms with Gasteiger partial charge in [0.1, 0.15) is 11.6 Å². The van der Waals surface area contributed by atoms with Gasteiger partial charge in [0.25, 0.3) is 5.91 Å². The number of amides is 1. The predicted octanol–water partition coefficient (Wildman–Crippen LogP) is 4.72. The van der Waals surface area contributed by atoms with Crippen LogP contribution in [0.1, 0.15) is 17.5 Å². The Morgan fingerprint density at radius 2 is 1.70 bits per heavy atom. The van der Waals surface area contributed by atoms with Gasteiger partial charge in [-0.15, -0.1) is 5.10 Å². The van der Waals surface area contributed by atoms with Gasteiger partial charge in [-0.25, -0.2) is 14.1 Å². The molecule has 0 atom stereocenters. The number of hydrogen-bond acceptors (Lipinski definition) is 4. The lowest BCUT2D eigenvalue weighted by Gasteiger charge is -2.08. The van der Waals surface area contributed by atoms with Crippen molar-refractivity contribution in [2.45, 2.75) is 6.92 Å². The molecule has 0 saturated carbocycles. The fourth-order valence-electron chi connectivity index (χ4n) is 2.93. The van der Waals surface area contributed by atoms with Gasteiger partial charge in [-0.3, -0.25) is 4.79 Å².